The molecule has 1 aromatic rings. The Balaban J connectivity index is 3.36. The molecule has 0 saturated carbocycles. The molecule has 0 aromatic heterocycles. The van der Waals surface area contributed by atoms with Crippen LogP contribution in [0.25, 0.3) is 0 Å². The van der Waals surface area contributed by atoms with Crippen LogP contribution >= 0.6 is 0 Å². The molecule has 6 heteroatoms. The summed E-state index contributed by atoms with van der Waals surface area (Å²) in [6.07, 6.45) is -3.11. The first-order valence-electron chi connectivity index (χ1n) is 7.28. The topological polar surface area (TPSA) is 56.8 Å². The van der Waals surface area contributed by atoms with Crippen LogP contribution in [0.3, 0.4) is 0 Å². The van der Waals surface area contributed by atoms with Gasteiger partial charge >= 0.3 is 6.36 Å². The normalized spacial score (nSPS) is 13.5. The Hall–Kier alpha value is -2.47. The van der Waals surface area contributed by atoms with Gasteiger partial charge in [-0.2, -0.15) is 10.5 Å². The summed E-state index contributed by atoms with van der Waals surface area (Å²) in [6.45, 7) is 9.24. The second kappa shape index (κ2) is 6.97. The summed E-state index contributed by atoms with van der Waals surface area (Å²) in [5.74, 6) is -0.861. The highest BCUT2D eigenvalue weighted by atomic mass is 19.4. The van der Waals surface area contributed by atoms with Crippen LogP contribution in [0.5, 0.6) is 5.75 Å². The zero-order valence-electron chi connectivity index (χ0n) is 13.8. The zero-order chi connectivity index (χ0) is 18.6. The van der Waals surface area contributed by atoms with Crippen molar-refractivity contribution in [2.24, 2.45) is 10.8 Å². The highest BCUT2D eigenvalue weighted by molar-refractivity contribution is 5.37. The summed E-state index contributed by atoms with van der Waals surface area (Å²) < 4.78 is 40.7. The van der Waals surface area contributed by atoms with E-state index < -0.39 is 23.1 Å². The number of nitrogens with zero attached hydrogens (tertiary/aromatic N) is 2. The minimum atomic E-state index is -4.77. The van der Waals surface area contributed by atoms with Crippen molar-refractivity contribution in [3.63, 3.8) is 0 Å². The van der Waals surface area contributed by atoms with Crippen LogP contribution < -0.4 is 4.74 Å². The summed E-state index contributed by atoms with van der Waals surface area (Å²) in [5.41, 5.74) is -1.23. The van der Waals surface area contributed by atoms with Crippen LogP contribution in [0.1, 0.15) is 38.7 Å². The lowest BCUT2D eigenvalue weighted by atomic mass is 9.61. The van der Waals surface area contributed by atoms with E-state index in [1.165, 1.54) is 30.3 Å². The summed E-state index contributed by atoms with van der Waals surface area (Å²) in [7, 11) is 0. The Morgan fingerprint density at radius 2 is 1.62 bits per heavy atom. The number of benzene rings is 1. The molecule has 0 spiro atoms. The van der Waals surface area contributed by atoms with Crippen LogP contribution in [0.2, 0.25) is 0 Å². The number of ether oxygens (including phenoxy) is 1. The minimum absolute atomic E-state index is 0.155. The van der Waals surface area contributed by atoms with E-state index >= 15 is 0 Å². The molecule has 0 aliphatic carbocycles. The van der Waals surface area contributed by atoms with Crippen molar-refractivity contribution in [3.05, 3.63) is 42.5 Å². The molecule has 0 N–H and O–H groups in total. The van der Waals surface area contributed by atoms with Gasteiger partial charge in [-0.15, -0.1) is 19.8 Å². The predicted molar refractivity (Wildman–Crippen MR) is 83.8 cm³/mol. The van der Waals surface area contributed by atoms with Crippen molar-refractivity contribution in [2.45, 2.75) is 39.5 Å². The molecule has 0 radical (unpaired) electrons. The monoisotopic (exact) mass is 336 g/mol. The highest BCUT2D eigenvalue weighted by Gasteiger charge is 2.46. The maximum absolute atomic E-state index is 12.3. The van der Waals surface area contributed by atoms with Gasteiger partial charge in [-0.1, -0.05) is 39.0 Å². The quantitative estimate of drug-likeness (QED) is 0.683. The number of nitriles is 2. The van der Waals surface area contributed by atoms with Gasteiger partial charge in [0.05, 0.1) is 12.1 Å². The Morgan fingerprint density at radius 3 is 1.96 bits per heavy atom. The largest absolute Gasteiger partial charge is 0.573 e. The minimum Gasteiger partial charge on any atom is -0.406 e. The summed E-state index contributed by atoms with van der Waals surface area (Å²) in [6, 6.07) is 9.46. The maximum Gasteiger partial charge on any atom is 0.573 e. The average Bonchev–Trinajstić information content (AvgIpc) is 2.45. The van der Waals surface area contributed by atoms with Gasteiger partial charge in [-0.05, 0) is 29.5 Å². The lowest BCUT2D eigenvalue weighted by molar-refractivity contribution is -0.274. The fourth-order valence-corrected chi connectivity index (χ4v) is 2.98. The molecule has 128 valence electrons. The van der Waals surface area contributed by atoms with Gasteiger partial charge in [0.25, 0.3) is 0 Å². The first-order chi connectivity index (χ1) is 11.0. The van der Waals surface area contributed by atoms with Crippen molar-refractivity contribution in [2.75, 3.05) is 0 Å². The third-order valence-electron chi connectivity index (χ3n) is 3.67. The van der Waals surface area contributed by atoms with E-state index in [-0.39, 0.29) is 12.2 Å². The molecule has 1 unspecified atom stereocenters. The number of alkyl halides is 3. The average molecular weight is 336 g/mol. The van der Waals surface area contributed by atoms with Crippen LogP contribution in [0, 0.1) is 33.5 Å². The third-order valence-corrected chi connectivity index (χ3v) is 3.67. The molecule has 0 amide bonds. The van der Waals surface area contributed by atoms with Crippen LogP contribution in [0.15, 0.2) is 36.9 Å². The van der Waals surface area contributed by atoms with E-state index in [0.717, 1.165) is 0 Å². The van der Waals surface area contributed by atoms with E-state index in [0.29, 0.717) is 5.56 Å². The third kappa shape index (κ3) is 4.52. The molecule has 0 aliphatic heterocycles. The van der Waals surface area contributed by atoms with Crippen LogP contribution in [0.4, 0.5) is 13.2 Å². The molecule has 0 fully saturated rings. The highest BCUT2D eigenvalue weighted by Crippen LogP contribution is 2.49. The zero-order valence-corrected chi connectivity index (χ0v) is 13.8. The predicted octanol–water partition coefficient (Wildman–Crippen LogP) is 5.32. The Bertz CT molecular complexity index is 644. The molecule has 24 heavy (non-hydrogen) atoms. The van der Waals surface area contributed by atoms with Crippen molar-refractivity contribution >= 4 is 0 Å². The molecule has 1 atom stereocenters. The van der Waals surface area contributed by atoms with Gasteiger partial charge < -0.3 is 4.74 Å². The molecule has 1 aromatic carbocycles. The molecular formula is C18H19F3N2O. The smallest absolute Gasteiger partial charge is 0.406 e. The first-order valence-corrected chi connectivity index (χ1v) is 7.28. The van der Waals surface area contributed by atoms with Crippen molar-refractivity contribution in [1.82, 2.24) is 0 Å². The summed E-state index contributed by atoms with van der Waals surface area (Å²) in [4.78, 5) is 0. The van der Waals surface area contributed by atoms with E-state index in [2.05, 4.69) is 23.5 Å². The number of hydrogen-bond acceptors (Lipinski definition) is 3. The lowest BCUT2D eigenvalue weighted by Gasteiger charge is -2.39. The van der Waals surface area contributed by atoms with E-state index in [4.69, 9.17) is 0 Å². The standard InChI is InChI=1S/C18H19F3N2O/c1-5-10-17(11-22,12-23)15(16(2,3)4)13-6-8-14(9-7-13)24-18(19,20)21/h5-9,15H,1,10H2,2-4H3. The Labute approximate surface area is 140 Å². The van der Waals surface area contributed by atoms with E-state index in [9.17, 15) is 23.7 Å². The van der Waals surface area contributed by atoms with Crippen LogP contribution in [-0.2, 0) is 0 Å². The van der Waals surface area contributed by atoms with Crippen molar-refractivity contribution < 1.29 is 17.9 Å². The second-order valence-corrected chi connectivity index (χ2v) is 6.60. The number of rotatable bonds is 5. The van der Waals surface area contributed by atoms with Gasteiger partial charge in [0, 0.05) is 5.92 Å². The maximum atomic E-state index is 12.3. The molecule has 1 rings (SSSR count). The SMILES string of the molecule is C=CCC(C#N)(C#N)C(c1ccc(OC(F)(F)F)cc1)C(C)(C)C. The first kappa shape index (κ1) is 19.6. The number of hydrogen-bond donors (Lipinski definition) is 0. The van der Waals surface area contributed by atoms with Gasteiger partial charge in [0.1, 0.15) is 5.75 Å². The fourth-order valence-electron chi connectivity index (χ4n) is 2.98. The van der Waals surface area contributed by atoms with E-state index in [1.807, 2.05) is 20.8 Å². The Kier molecular flexibility index (Phi) is 5.68. The lowest BCUT2D eigenvalue weighted by Crippen LogP contribution is -2.34. The molecule has 3 nitrogen and oxygen atoms in total. The molecule has 0 aliphatic rings. The van der Waals surface area contributed by atoms with E-state index in [1.54, 1.807) is 0 Å². The van der Waals surface area contributed by atoms with Gasteiger partial charge in [-0.25, -0.2) is 0 Å². The van der Waals surface area contributed by atoms with Crippen molar-refractivity contribution in [1.29, 1.82) is 10.5 Å². The molecule has 0 heterocycles. The van der Waals surface area contributed by atoms with Gasteiger partial charge in [0.2, 0.25) is 0 Å². The Morgan fingerprint density at radius 1 is 1.12 bits per heavy atom. The fraction of sp³-hybridized carbons (Fsp3) is 0.444. The van der Waals surface area contributed by atoms with Crippen LogP contribution in [-0.4, -0.2) is 6.36 Å². The molecule has 0 saturated heterocycles. The summed E-state index contributed by atoms with van der Waals surface area (Å²) in [5, 5.41) is 19.2. The second-order valence-electron chi connectivity index (χ2n) is 6.60. The van der Waals surface area contributed by atoms with Gasteiger partial charge in [-0.3, -0.25) is 0 Å². The number of allylic oxidation sites excluding steroid dienone is 1. The van der Waals surface area contributed by atoms with Gasteiger partial charge in [0.15, 0.2) is 5.41 Å². The molecule has 0 bridgehead atoms. The molecular weight excluding hydrogens is 317 g/mol. The van der Waals surface area contributed by atoms with Crippen molar-refractivity contribution in [3.8, 4) is 17.9 Å². The summed E-state index contributed by atoms with van der Waals surface area (Å²) >= 11 is 0. The number of halogens is 3.